The number of pyridine rings is 1. The van der Waals surface area contributed by atoms with Crippen molar-refractivity contribution in [2.75, 3.05) is 23.7 Å². The Balaban J connectivity index is 2.14. The number of carboxylic acids is 1. The number of rotatable bonds is 2. The molecule has 1 saturated heterocycles. The maximum Gasteiger partial charge on any atom is 0.354 e. The summed E-state index contributed by atoms with van der Waals surface area (Å²) in [6, 6.07) is 3.07. The van der Waals surface area contributed by atoms with E-state index in [1.54, 1.807) is 6.07 Å². The largest absolute Gasteiger partial charge is 0.477 e. The summed E-state index contributed by atoms with van der Waals surface area (Å²) in [5.74, 6) is 0.274. The summed E-state index contributed by atoms with van der Waals surface area (Å²) in [6.07, 6.45) is 2.17. The van der Waals surface area contributed by atoms with Crippen molar-refractivity contribution in [3.05, 3.63) is 17.8 Å². The molecule has 5 heteroatoms. The molecule has 0 aromatic carbocycles. The molecule has 1 fully saturated rings. The van der Waals surface area contributed by atoms with Gasteiger partial charge in [0.2, 0.25) is 0 Å². The van der Waals surface area contributed by atoms with Crippen LogP contribution in [0.15, 0.2) is 12.1 Å². The van der Waals surface area contributed by atoms with Gasteiger partial charge in [-0.05, 0) is 36.3 Å². The molecule has 1 aromatic heterocycles. The highest BCUT2D eigenvalue weighted by atomic mass is 16.4. The van der Waals surface area contributed by atoms with Gasteiger partial charge in [0.05, 0.1) is 5.69 Å². The standard InChI is InChI=1S/C15H23N3O2/c1-15(2,3)10-6-8-18(9-7-10)13-11(16)4-5-12(17-13)14(19)20/h4-5,10H,6-9,16H2,1-3H3,(H,19,20). The van der Waals surface area contributed by atoms with Crippen molar-refractivity contribution >= 4 is 17.5 Å². The highest BCUT2D eigenvalue weighted by molar-refractivity contribution is 5.87. The first-order valence-corrected chi connectivity index (χ1v) is 7.04. The molecule has 1 aromatic rings. The Bertz CT molecular complexity index is 500. The summed E-state index contributed by atoms with van der Waals surface area (Å²) >= 11 is 0. The number of carboxylic acid groups (broad SMARTS) is 1. The highest BCUT2D eigenvalue weighted by Crippen LogP contribution is 2.36. The van der Waals surface area contributed by atoms with Crippen molar-refractivity contribution in [3.63, 3.8) is 0 Å². The van der Waals surface area contributed by atoms with Gasteiger partial charge in [0.25, 0.3) is 0 Å². The van der Waals surface area contributed by atoms with E-state index in [0.717, 1.165) is 25.9 Å². The number of nitrogen functional groups attached to an aromatic ring is 1. The molecule has 1 aliphatic heterocycles. The van der Waals surface area contributed by atoms with Crippen LogP contribution in [-0.4, -0.2) is 29.1 Å². The summed E-state index contributed by atoms with van der Waals surface area (Å²) < 4.78 is 0. The number of hydrogen-bond acceptors (Lipinski definition) is 4. The fourth-order valence-electron chi connectivity index (χ4n) is 2.79. The van der Waals surface area contributed by atoms with Gasteiger partial charge in [-0.25, -0.2) is 9.78 Å². The molecule has 110 valence electrons. The second kappa shape index (κ2) is 5.31. The number of piperidine rings is 1. The lowest BCUT2D eigenvalue weighted by atomic mass is 9.75. The van der Waals surface area contributed by atoms with E-state index in [0.29, 0.717) is 22.8 Å². The Hall–Kier alpha value is -1.78. The third-order valence-electron chi connectivity index (χ3n) is 4.14. The Labute approximate surface area is 119 Å². The van der Waals surface area contributed by atoms with Crippen LogP contribution in [0.5, 0.6) is 0 Å². The molecule has 5 nitrogen and oxygen atoms in total. The third-order valence-corrected chi connectivity index (χ3v) is 4.14. The Morgan fingerprint density at radius 2 is 1.95 bits per heavy atom. The molecular weight excluding hydrogens is 254 g/mol. The van der Waals surface area contributed by atoms with Gasteiger partial charge < -0.3 is 15.7 Å². The van der Waals surface area contributed by atoms with E-state index in [-0.39, 0.29) is 5.69 Å². The first kappa shape index (κ1) is 14.6. The van der Waals surface area contributed by atoms with Crippen LogP contribution in [0.3, 0.4) is 0 Å². The maximum atomic E-state index is 11.0. The zero-order chi connectivity index (χ0) is 14.9. The highest BCUT2D eigenvalue weighted by Gasteiger charge is 2.29. The molecule has 0 amide bonds. The van der Waals surface area contributed by atoms with Gasteiger partial charge in [-0.2, -0.15) is 0 Å². The Morgan fingerprint density at radius 1 is 1.35 bits per heavy atom. The Morgan fingerprint density at radius 3 is 2.45 bits per heavy atom. The Kier molecular flexibility index (Phi) is 3.88. The van der Waals surface area contributed by atoms with Crippen molar-refractivity contribution in [1.29, 1.82) is 0 Å². The van der Waals surface area contributed by atoms with Crippen LogP contribution < -0.4 is 10.6 Å². The average molecular weight is 277 g/mol. The summed E-state index contributed by atoms with van der Waals surface area (Å²) in [5.41, 5.74) is 6.85. The van der Waals surface area contributed by atoms with Crippen LogP contribution in [-0.2, 0) is 0 Å². The molecule has 0 radical (unpaired) electrons. The van der Waals surface area contributed by atoms with E-state index >= 15 is 0 Å². The van der Waals surface area contributed by atoms with E-state index in [1.165, 1.54) is 6.07 Å². The first-order chi connectivity index (χ1) is 9.29. The van der Waals surface area contributed by atoms with Crippen LogP contribution in [0, 0.1) is 11.3 Å². The van der Waals surface area contributed by atoms with Gasteiger partial charge >= 0.3 is 5.97 Å². The zero-order valence-electron chi connectivity index (χ0n) is 12.4. The average Bonchev–Trinajstić information content (AvgIpc) is 2.38. The zero-order valence-corrected chi connectivity index (χ0v) is 12.4. The summed E-state index contributed by atoms with van der Waals surface area (Å²) in [5, 5.41) is 9.03. The minimum Gasteiger partial charge on any atom is -0.477 e. The molecule has 0 saturated carbocycles. The summed E-state index contributed by atoms with van der Waals surface area (Å²) in [6.45, 7) is 8.56. The molecule has 0 aliphatic carbocycles. The molecule has 0 bridgehead atoms. The molecule has 2 rings (SSSR count). The number of anilines is 2. The molecule has 0 atom stereocenters. The van der Waals surface area contributed by atoms with Crippen molar-refractivity contribution < 1.29 is 9.90 Å². The quantitative estimate of drug-likeness (QED) is 0.868. The normalized spacial score (nSPS) is 17.2. The number of nitrogens with two attached hydrogens (primary N) is 1. The van der Waals surface area contributed by atoms with Crippen LogP contribution in [0.4, 0.5) is 11.5 Å². The number of carbonyl (C=O) groups is 1. The van der Waals surface area contributed by atoms with E-state index < -0.39 is 5.97 Å². The van der Waals surface area contributed by atoms with Crippen LogP contribution in [0.1, 0.15) is 44.1 Å². The van der Waals surface area contributed by atoms with E-state index in [2.05, 4.69) is 30.7 Å². The third kappa shape index (κ3) is 3.03. The molecular formula is C15H23N3O2. The lowest BCUT2D eigenvalue weighted by molar-refractivity contribution is 0.0690. The summed E-state index contributed by atoms with van der Waals surface area (Å²) in [4.78, 5) is 17.3. The van der Waals surface area contributed by atoms with Gasteiger partial charge in [0.1, 0.15) is 0 Å². The molecule has 20 heavy (non-hydrogen) atoms. The predicted octanol–water partition coefficient (Wildman–Crippen LogP) is 2.62. The minimum atomic E-state index is -1.02. The van der Waals surface area contributed by atoms with Crippen molar-refractivity contribution in [2.24, 2.45) is 11.3 Å². The van der Waals surface area contributed by atoms with Crippen molar-refractivity contribution in [3.8, 4) is 0 Å². The van der Waals surface area contributed by atoms with Gasteiger partial charge in [0.15, 0.2) is 11.5 Å². The molecule has 2 heterocycles. The molecule has 0 spiro atoms. The second-order valence-corrected chi connectivity index (χ2v) is 6.54. The topological polar surface area (TPSA) is 79.5 Å². The van der Waals surface area contributed by atoms with Gasteiger partial charge in [-0.3, -0.25) is 0 Å². The van der Waals surface area contributed by atoms with Gasteiger partial charge in [-0.1, -0.05) is 20.8 Å². The molecule has 3 N–H and O–H groups in total. The van der Waals surface area contributed by atoms with Crippen LogP contribution in [0.2, 0.25) is 0 Å². The van der Waals surface area contributed by atoms with Crippen molar-refractivity contribution in [2.45, 2.75) is 33.6 Å². The second-order valence-electron chi connectivity index (χ2n) is 6.54. The first-order valence-electron chi connectivity index (χ1n) is 7.04. The predicted molar refractivity (Wildman–Crippen MR) is 80.0 cm³/mol. The number of nitrogens with zero attached hydrogens (tertiary/aromatic N) is 2. The molecule has 0 unspecified atom stereocenters. The van der Waals surface area contributed by atoms with Crippen molar-refractivity contribution in [1.82, 2.24) is 4.98 Å². The number of aromatic carboxylic acids is 1. The lowest BCUT2D eigenvalue weighted by Crippen LogP contribution is -2.38. The number of hydrogen-bond donors (Lipinski definition) is 2. The summed E-state index contributed by atoms with van der Waals surface area (Å²) in [7, 11) is 0. The van der Waals surface area contributed by atoms with E-state index in [1.807, 2.05) is 0 Å². The van der Waals surface area contributed by atoms with Gasteiger partial charge in [-0.15, -0.1) is 0 Å². The fourth-order valence-corrected chi connectivity index (χ4v) is 2.79. The smallest absolute Gasteiger partial charge is 0.354 e. The minimum absolute atomic E-state index is 0.0483. The maximum absolute atomic E-state index is 11.0. The van der Waals surface area contributed by atoms with E-state index in [4.69, 9.17) is 10.8 Å². The van der Waals surface area contributed by atoms with Gasteiger partial charge in [0, 0.05) is 13.1 Å². The SMILES string of the molecule is CC(C)(C)C1CCN(c2nc(C(=O)O)ccc2N)CC1. The fraction of sp³-hybridized carbons (Fsp3) is 0.600. The lowest BCUT2D eigenvalue weighted by Gasteiger charge is -2.39. The van der Waals surface area contributed by atoms with E-state index in [9.17, 15) is 4.79 Å². The molecule has 1 aliphatic rings. The van der Waals surface area contributed by atoms with Crippen LogP contribution >= 0.6 is 0 Å². The number of aromatic nitrogens is 1. The monoisotopic (exact) mass is 277 g/mol. The van der Waals surface area contributed by atoms with Crippen LogP contribution in [0.25, 0.3) is 0 Å².